The van der Waals surface area contributed by atoms with Crippen molar-refractivity contribution in [3.63, 3.8) is 0 Å². The summed E-state index contributed by atoms with van der Waals surface area (Å²) < 4.78 is 5.74. The molecule has 0 aliphatic carbocycles. The summed E-state index contributed by atoms with van der Waals surface area (Å²) in [6.45, 7) is 8.00. The van der Waals surface area contributed by atoms with Crippen molar-refractivity contribution in [3.05, 3.63) is 40.7 Å². The minimum atomic E-state index is -0.191. The van der Waals surface area contributed by atoms with Crippen molar-refractivity contribution in [1.82, 2.24) is 9.97 Å². The monoisotopic (exact) mass is 291 g/mol. The summed E-state index contributed by atoms with van der Waals surface area (Å²) >= 11 is 5.99. The van der Waals surface area contributed by atoms with Crippen molar-refractivity contribution < 1.29 is 4.74 Å². The maximum atomic E-state index is 5.99. The Morgan fingerprint density at radius 2 is 1.85 bits per heavy atom. The van der Waals surface area contributed by atoms with Crippen molar-refractivity contribution in [1.29, 1.82) is 0 Å². The Balaban J connectivity index is 2.33. The van der Waals surface area contributed by atoms with Crippen LogP contribution in [0.25, 0.3) is 0 Å². The maximum Gasteiger partial charge on any atom is 0.224 e. The number of nitrogens with zero attached hydrogens (tertiary/aromatic N) is 2. The molecule has 1 aromatic carbocycles. The van der Waals surface area contributed by atoms with E-state index in [1.54, 1.807) is 18.2 Å². The van der Waals surface area contributed by atoms with Gasteiger partial charge in [0.05, 0.1) is 0 Å². The number of anilines is 1. The summed E-state index contributed by atoms with van der Waals surface area (Å²) in [7, 11) is 0. The van der Waals surface area contributed by atoms with E-state index in [9.17, 15) is 0 Å². The highest BCUT2D eigenvalue weighted by Gasteiger charge is 2.19. The lowest BCUT2D eigenvalue weighted by Gasteiger charge is -2.17. The molecular weight excluding hydrogens is 274 g/mol. The predicted octanol–water partition coefficient (Wildman–Crippen LogP) is 4.11. The van der Waals surface area contributed by atoms with Gasteiger partial charge < -0.3 is 10.5 Å². The second-order valence-corrected chi connectivity index (χ2v) is 6.12. The molecule has 0 unspecified atom stereocenters. The third-order valence-corrected chi connectivity index (χ3v) is 3.17. The Morgan fingerprint density at radius 3 is 2.45 bits per heavy atom. The Hall–Kier alpha value is -1.81. The molecule has 0 saturated carbocycles. The van der Waals surface area contributed by atoms with Crippen molar-refractivity contribution >= 4 is 17.4 Å². The fourth-order valence-electron chi connectivity index (χ4n) is 1.63. The van der Waals surface area contributed by atoms with Gasteiger partial charge in [-0.2, -0.15) is 4.98 Å². The number of hydrogen-bond donors (Lipinski definition) is 1. The fourth-order valence-corrected chi connectivity index (χ4v) is 1.75. The molecule has 5 heteroatoms. The van der Waals surface area contributed by atoms with Crippen LogP contribution in [0.1, 0.15) is 32.2 Å². The van der Waals surface area contributed by atoms with Crippen molar-refractivity contribution in [2.45, 2.75) is 33.1 Å². The molecule has 0 fully saturated rings. The zero-order valence-electron chi connectivity index (χ0n) is 12.1. The predicted molar refractivity (Wildman–Crippen MR) is 81.4 cm³/mol. The number of nitrogen functional groups attached to an aromatic ring is 1. The molecule has 0 spiro atoms. The maximum absolute atomic E-state index is 5.99. The Labute approximate surface area is 124 Å². The molecule has 106 valence electrons. The van der Waals surface area contributed by atoms with Crippen LogP contribution < -0.4 is 10.5 Å². The molecule has 1 heterocycles. The summed E-state index contributed by atoms with van der Waals surface area (Å²) in [4.78, 5) is 8.65. The van der Waals surface area contributed by atoms with Gasteiger partial charge >= 0.3 is 0 Å². The largest absolute Gasteiger partial charge is 0.439 e. The summed E-state index contributed by atoms with van der Waals surface area (Å²) in [6, 6.07) is 7.06. The summed E-state index contributed by atoms with van der Waals surface area (Å²) in [6.07, 6.45) is 0. The topological polar surface area (TPSA) is 61.0 Å². The van der Waals surface area contributed by atoms with Crippen LogP contribution >= 0.6 is 11.6 Å². The van der Waals surface area contributed by atoms with E-state index in [0.29, 0.717) is 28.3 Å². The zero-order valence-corrected chi connectivity index (χ0v) is 12.8. The number of benzene rings is 1. The molecule has 0 aliphatic heterocycles. The van der Waals surface area contributed by atoms with Gasteiger partial charge in [-0.15, -0.1) is 0 Å². The van der Waals surface area contributed by atoms with E-state index in [0.717, 1.165) is 5.56 Å². The number of hydrogen-bond acceptors (Lipinski definition) is 4. The van der Waals surface area contributed by atoms with Gasteiger partial charge in [0.25, 0.3) is 0 Å². The van der Waals surface area contributed by atoms with Crippen LogP contribution in [0.4, 0.5) is 5.82 Å². The summed E-state index contributed by atoms with van der Waals surface area (Å²) in [5.74, 6) is 2.15. The number of nitrogens with two attached hydrogens (primary N) is 1. The van der Waals surface area contributed by atoms with Gasteiger partial charge in [0.1, 0.15) is 17.4 Å². The smallest absolute Gasteiger partial charge is 0.224 e. The first kappa shape index (κ1) is 14.6. The third-order valence-electron chi connectivity index (χ3n) is 2.75. The molecule has 0 bridgehead atoms. The highest BCUT2D eigenvalue weighted by Crippen LogP contribution is 2.27. The van der Waals surface area contributed by atoms with Crippen molar-refractivity contribution in [2.24, 2.45) is 0 Å². The van der Waals surface area contributed by atoms with Crippen LogP contribution in [0, 0.1) is 6.92 Å². The molecule has 0 amide bonds. The van der Waals surface area contributed by atoms with Crippen molar-refractivity contribution in [2.75, 3.05) is 5.73 Å². The molecule has 0 atom stereocenters. The first-order valence-corrected chi connectivity index (χ1v) is 6.72. The molecule has 2 N–H and O–H groups in total. The van der Waals surface area contributed by atoms with E-state index in [4.69, 9.17) is 22.1 Å². The van der Waals surface area contributed by atoms with Crippen molar-refractivity contribution in [3.8, 4) is 11.6 Å². The SMILES string of the molecule is Cc1cc(Oc2cc(N)nc(C(C)(C)C)n2)ccc1Cl. The van der Waals surface area contributed by atoms with E-state index in [1.807, 2.05) is 33.8 Å². The van der Waals surface area contributed by atoms with E-state index < -0.39 is 0 Å². The van der Waals surface area contributed by atoms with E-state index in [1.165, 1.54) is 0 Å². The number of aromatic nitrogens is 2. The van der Waals surface area contributed by atoms with Gasteiger partial charge in [-0.3, -0.25) is 0 Å². The van der Waals surface area contributed by atoms with E-state index in [-0.39, 0.29) is 5.41 Å². The van der Waals surface area contributed by atoms with Crippen LogP contribution in [0.3, 0.4) is 0 Å². The molecular formula is C15H18ClN3O. The summed E-state index contributed by atoms with van der Waals surface area (Å²) in [5.41, 5.74) is 6.57. The highest BCUT2D eigenvalue weighted by molar-refractivity contribution is 6.31. The molecule has 0 radical (unpaired) electrons. The molecule has 1 aromatic heterocycles. The van der Waals surface area contributed by atoms with Crippen LogP contribution in [0.5, 0.6) is 11.6 Å². The first-order chi connectivity index (χ1) is 9.25. The van der Waals surface area contributed by atoms with Crippen LogP contribution in [-0.2, 0) is 5.41 Å². The van der Waals surface area contributed by atoms with Gasteiger partial charge in [-0.25, -0.2) is 4.98 Å². The first-order valence-electron chi connectivity index (χ1n) is 6.35. The Bertz CT molecular complexity index is 636. The molecule has 2 rings (SSSR count). The summed E-state index contributed by atoms with van der Waals surface area (Å²) in [5, 5.41) is 0.704. The minimum Gasteiger partial charge on any atom is -0.439 e. The molecule has 4 nitrogen and oxygen atoms in total. The molecule has 0 saturated heterocycles. The molecule has 2 aromatic rings. The number of rotatable bonds is 2. The lowest BCUT2D eigenvalue weighted by atomic mass is 9.96. The average Bonchev–Trinajstić information content (AvgIpc) is 2.32. The Kier molecular flexibility index (Phi) is 3.86. The average molecular weight is 292 g/mol. The minimum absolute atomic E-state index is 0.191. The number of halogens is 1. The lowest BCUT2D eigenvalue weighted by Crippen LogP contribution is -2.17. The normalized spacial score (nSPS) is 11.4. The quantitative estimate of drug-likeness (QED) is 0.904. The van der Waals surface area contributed by atoms with Crippen LogP contribution in [-0.4, -0.2) is 9.97 Å². The third kappa shape index (κ3) is 3.39. The van der Waals surface area contributed by atoms with Gasteiger partial charge in [-0.05, 0) is 30.7 Å². The van der Waals surface area contributed by atoms with E-state index >= 15 is 0 Å². The molecule has 20 heavy (non-hydrogen) atoms. The second-order valence-electron chi connectivity index (χ2n) is 5.72. The zero-order chi connectivity index (χ0) is 14.9. The van der Waals surface area contributed by atoms with E-state index in [2.05, 4.69) is 9.97 Å². The van der Waals surface area contributed by atoms with Crippen LogP contribution in [0.2, 0.25) is 5.02 Å². The van der Waals surface area contributed by atoms with Gasteiger partial charge in [0.15, 0.2) is 0 Å². The fraction of sp³-hybridized carbons (Fsp3) is 0.333. The van der Waals surface area contributed by atoms with Gasteiger partial charge in [0.2, 0.25) is 5.88 Å². The number of aryl methyl sites for hydroxylation is 1. The molecule has 0 aliphatic rings. The van der Waals surface area contributed by atoms with Crippen LogP contribution in [0.15, 0.2) is 24.3 Å². The Morgan fingerprint density at radius 1 is 1.15 bits per heavy atom. The highest BCUT2D eigenvalue weighted by atomic mass is 35.5. The van der Waals surface area contributed by atoms with Gasteiger partial charge in [0, 0.05) is 16.5 Å². The lowest BCUT2D eigenvalue weighted by molar-refractivity contribution is 0.446. The second kappa shape index (κ2) is 5.29. The van der Waals surface area contributed by atoms with Gasteiger partial charge in [-0.1, -0.05) is 32.4 Å². The number of ether oxygens (including phenoxy) is 1. The standard InChI is InChI=1S/C15H18ClN3O/c1-9-7-10(5-6-11(9)16)20-13-8-12(17)18-14(19-13)15(2,3)4/h5-8H,1-4H3,(H2,17,18,19).